The zero-order valence-corrected chi connectivity index (χ0v) is 14.2. The molecule has 1 fully saturated rings. The molecular weight excluding hydrogens is 326 g/mol. The van der Waals surface area contributed by atoms with Crippen LogP contribution in [0.3, 0.4) is 0 Å². The average molecular weight is 347 g/mol. The van der Waals surface area contributed by atoms with Gasteiger partial charge in [-0.3, -0.25) is 19.7 Å². The second kappa shape index (κ2) is 8.27. The quantitative estimate of drug-likeness (QED) is 0.800. The second-order valence-electron chi connectivity index (χ2n) is 5.87. The summed E-state index contributed by atoms with van der Waals surface area (Å²) in [5.41, 5.74) is 1.70. The Hall–Kier alpha value is -1.90. The van der Waals surface area contributed by atoms with Crippen molar-refractivity contribution in [1.82, 2.24) is 25.2 Å². The predicted octanol–water partition coefficient (Wildman–Crippen LogP) is 0.716. The van der Waals surface area contributed by atoms with Crippen LogP contribution < -0.4 is 5.32 Å². The van der Waals surface area contributed by atoms with Crippen LogP contribution in [0, 0.1) is 0 Å². The molecule has 3 rings (SSSR count). The van der Waals surface area contributed by atoms with Crippen molar-refractivity contribution in [3.63, 3.8) is 0 Å². The van der Waals surface area contributed by atoms with E-state index in [1.54, 1.807) is 18.6 Å². The third kappa shape index (κ3) is 4.80. The minimum Gasteiger partial charge on any atom is -0.392 e. The average Bonchev–Trinajstić information content (AvgIpc) is 3.04. The molecule has 1 aliphatic heterocycles. The van der Waals surface area contributed by atoms with Gasteiger partial charge in [0, 0.05) is 37.3 Å². The number of aliphatic hydroxyl groups excluding tert-OH is 1. The molecule has 7 nitrogen and oxygen atoms in total. The van der Waals surface area contributed by atoms with Crippen LogP contribution >= 0.6 is 11.3 Å². The summed E-state index contributed by atoms with van der Waals surface area (Å²) in [5.74, 6) is -0.00604. The van der Waals surface area contributed by atoms with Gasteiger partial charge in [-0.15, -0.1) is 11.3 Å². The Kier molecular flexibility index (Phi) is 5.84. The number of nitrogens with zero attached hydrogens (tertiary/aromatic N) is 4. The van der Waals surface area contributed by atoms with E-state index in [4.69, 9.17) is 0 Å². The van der Waals surface area contributed by atoms with E-state index in [-0.39, 0.29) is 12.0 Å². The van der Waals surface area contributed by atoms with Crippen molar-refractivity contribution in [3.8, 4) is 10.7 Å². The monoisotopic (exact) mass is 347 g/mol. The van der Waals surface area contributed by atoms with Crippen LogP contribution in [0.4, 0.5) is 0 Å². The first kappa shape index (κ1) is 16.9. The highest BCUT2D eigenvalue weighted by molar-refractivity contribution is 7.13. The molecule has 1 saturated heterocycles. The number of piperidine rings is 1. The zero-order chi connectivity index (χ0) is 16.8. The summed E-state index contributed by atoms with van der Waals surface area (Å²) < 4.78 is 0. The molecule has 2 aromatic heterocycles. The van der Waals surface area contributed by atoms with E-state index in [0.717, 1.165) is 35.8 Å². The number of aromatic nitrogens is 3. The molecule has 0 aromatic carbocycles. The van der Waals surface area contributed by atoms with Gasteiger partial charge in [-0.05, 0) is 19.4 Å². The first-order valence-electron chi connectivity index (χ1n) is 8.08. The largest absolute Gasteiger partial charge is 0.392 e. The van der Waals surface area contributed by atoms with Gasteiger partial charge in [0.25, 0.3) is 0 Å². The fourth-order valence-corrected chi connectivity index (χ4v) is 3.53. The lowest BCUT2D eigenvalue weighted by Gasteiger charge is -2.29. The summed E-state index contributed by atoms with van der Waals surface area (Å²) in [4.78, 5) is 26.8. The number of hydrogen-bond donors (Lipinski definition) is 2. The molecule has 1 amide bonds. The van der Waals surface area contributed by atoms with Crippen LogP contribution in [0.2, 0.25) is 0 Å². The highest BCUT2D eigenvalue weighted by Crippen LogP contribution is 2.20. The number of carbonyl (C=O) groups is 1. The number of β-amino-alcohol motifs (C(OH)–C–C–N with tert-alkyl or cyclic N) is 1. The molecule has 0 saturated carbocycles. The molecule has 8 heteroatoms. The van der Waals surface area contributed by atoms with Crippen molar-refractivity contribution < 1.29 is 9.90 Å². The highest BCUT2D eigenvalue weighted by atomic mass is 32.1. The Morgan fingerprint density at radius 1 is 1.46 bits per heavy atom. The first-order valence-corrected chi connectivity index (χ1v) is 8.96. The molecule has 128 valence electrons. The molecule has 0 radical (unpaired) electrons. The summed E-state index contributed by atoms with van der Waals surface area (Å²) in [6.45, 7) is 2.36. The molecule has 24 heavy (non-hydrogen) atoms. The maximum absolute atomic E-state index is 12.0. The fraction of sp³-hybridized carbons (Fsp3) is 0.500. The van der Waals surface area contributed by atoms with Gasteiger partial charge in [-0.2, -0.15) is 0 Å². The van der Waals surface area contributed by atoms with Crippen LogP contribution in [0.25, 0.3) is 10.7 Å². The number of hydrogen-bond acceptors (Lipinski definition) is 7. The maximum atomic E-state index is 12.0. The van der Waals surface area contributed by atoms with E-state index in [1.165, 1.54) is 11.3 Å². The molecule has 2 N–H and O–H groups in total. The minimum atomic E-state index is -0.305. The number of amides is 1. The second-order valence-corrected chi connectivity index (χ2v) is 6.72. The fourth-order valence-electron chi connectivity index (χ4n) is 2.71. The molecular formula is C16H21N5O2S. The van der Waals surface area contributed by atoms with Gasteiger partial charge in [-0.25, -0.2) is 4.98 Å². The van der Waals surface area contributed by atoms with Crippen molar-refractivity contribution in [2.24, 2.45) is 0 Å². The standard InChI is InChI=1S/C16H21N5O2S/c22-13-2-1-7-21(9-13)10-15(23)19-4-3-12-11-24-16(20-12)14-8-17-5-6-18-14/h5-6,8,11,13,22H,1-4,7,9-10H2,(H,19,23)/t13-/m0/s1. The molecule has 3 heterocycles. The minimum absolute atomic E-state index is 0.00604. The van der Waals surface area contributed by atoms with Gasteiger partial charge in [0.2, 0.25) is 5.91 Å². The van der Waals surface area contributed by atoms with Crippen LogP contribution in [-0.2, 0) is 11.2 Å². The van der Waals surface area contributed by atoms with Gasteiger partial charge >= 0.3 is 0 Å². The van der Waals surface area contributed by atoms with Gasteiger partial charge < -0.3 is 10.4 Å². The molecule has 1 atom stereocenters. The molecule has 0 unspecified atom stereocenters. The summed E-state index contributed by atoms with van der Waals surface area (Å²) in [5, 5.41) is 15.4. The Morgan fingerprint density at radius 3 is 3.17 bits per heavy atom. The lowest BCUT2D eigenvalue weighted by molar-refractivity contribution is -0.122. The van der Waals surface area contributed by atoms with Crippen molar-refractivity contribution in [3.05, 3.63) is 29.7 Å². The number of aliphatic hydroxyl groups is 1. The summed E-state index contributed by atoms with van der Waals surface area (Å²) in [6.07, 6.45) is 7.13. The Balaban J connectivity index is 1.42. The maximum Gasteiger partial charge on any atom is 0.234 e. The van der Waals surface area contributed by atoms with Crippen molar-refractivity contribution in [1.29, 1.82) is 0 Å². The highest BCUT2D eigenvalue weighted by Gasteiger charge is 2.19. The van der Waals surface area contributed by atoms with Crippen LogP contribution in [0.5, 0.6) is 0 Å². The Labute approximate surface area is 144 Å². The summed E-state index contributed by atoms with van der Waals surface area (Å²) in [7, 11) is 0. The molecule has 0 bridgehead atoms. The van der Waals surface area contributed by atoms with E-state index in [0.29, 0.717) is 26.1 Å². The summed E-state index contributed by atoms with van der Waals surface area (Å²) in [6, 6.07) is 0. The van der Waals surface area contributed by atoms with E-state index < -0.39 is 0 Å². The van der Waals surface area contributed by atoms with Gasteiger partial charge in [0.1, 0.15) is 10.7 Å². The lowest BCUT2D eigenvalue weighted by Crippen LogP contribution is -2.44. The van der Waals surface area contributed by atoms with Crippen molar-refractivity contribution in [2.45, 2.75) is 25.4 Å². The van der Waals surface area contributed by atoms with E-state index in [1.807, 2.05) is 10.3 Å². The molecule has 0 spiro atoms. The number of carbonyl (C=O) groups excluding carboxylic acids is 1. The predicted molar refractivity (Wildman–Crippen MR) is 91.5 cm³/mol. The third-order valence-corrected chi connectivity index (χ3v) is 4.80. The molecule has 1 aliphatic rings. The van der Waals surface area contributed by atoms with Crippen LogP contribution in [0.1, 0.15) is 18.5 Å². The first-order chi connectivity index (χ1) is 11.7. The summed E-state index contributed by atoms with van der Waals surface area (Å²) >= 11 is 1.53. The molecule has 0 aliphatic carbocycles. The van der Waals surface area contributed by atoms with E-state index >= 15 is 0 Å². The normalized spacial score (nSPS) is 18.5. The van der Waals surface area contributed by atoms with Gasteiger partial charge in [0.05, 0.1) is 24.5 Å². The number of likely N-dealkylation sites (tertiary alicyclic amines) is 1. The van der Waals surface area contributed by atoms with E-state index in [2.05, 4.69) is 20.3 Å². The number of nitrogens with one attached hydrogen (secondary N) is 1. The molecule has 2 aromatic rings. The van der Waals surface area contributed by atoms with Crippen molar-refractivity contribution in [2.75, 3.05) is 26.2 Å². The third-order valence-electron chi connectivity index (χ3n) is 3.89. The zero-order valence-electron chi connectivity index (χ0n) is 13.4. The number of thiazole rings is 1. The van der Waals surface area contributed by atoms with Crippen LogP contribution in [0.15, 0.2) is 24.0 Å². The van der Waals surface area contributed by atoms with Crippen molar-refractivity contribution >= 4 is 17.2 Å². The van der Waals surface area contributed by atoms with E-state index in [9.17, 15) is 9.90 Å². The van der Waals surface area contributed by atoms with Crippen LogP contribution in [-0.4, -0.2) is 63.1 Å². The van der Waals surface area contributed by atoms with Gasteiger partial charge in [-0.1, -0.05) is 0 Å². The topological polar surface area (TPSA) is 91.2 Å². The number of rotatable bonds is 6. The van der Waals surface area contributed by atoms with Gasteiger partial charge in [0.15, 0.2) is 0 Å². The Morgan fingerprint density at radius 2 is 2.38 bits per heavy atom. The Bertz CT molecular complexity index is 663. The smallest absolute Gasteiger partial charge is 0.234 e. The SMILES string of the molecule is O=C(CN1CCC[C@H](O)C1)NCCc1csc(-c2cnccn2)n1. The lowest BCUT2D eigenvalue weighted by atomic mass is 10.1.